The summed E-state index contributed by atoms with van der Waals surface area (Å²) in [5.74, 6) is -0.853. The highest BCUT2D eigenvalue weighted by Gasteiger charge is 2.62. The van der Waals surface area contributed by atoms with Crippen LogP contribution >= 0.6 is 0 Å². The molecule has 0 spiro atoms. The molecule has 25 heavy (non-hydrogen) atoms. The first kappa shape index (κ1) is 16.4. The van der Waals surface area contributed by atoms with Gasteiger partial charge >= 0.3 is 6.18 Å². The van der Waals surface area contributed by atoms with Gasteiger partial charge in [0.1, 0.15) is 5.78 Å². The lowest BCUT2D eigenvalue weighted by atomic mass is 9.87. The van der Waals surface area contributed by atoms with E-state index in [1.807, 2.05) is 0 Å². The molecule has 4 atom stereocenters. The Hall–Kier alpha value is -2.08. The molecule has 4 rings (SSSR count). The van der Waals surface area contributed by atoms with E-state index in [0.717, 1.165) is 10.4 Å². The van der Waals surface area contributed by atoms with Crippen LogP contribution in [0.15, 0.2) is 18.2 Å². The first-order chi connectivity index (χ1) is 11.6. The number of hydrogen-bond acceptors (Lipinski definition) is 4. The maximum atomic E-state index is 13.1. The van der Waals surface area contributed by atoms with Gasteiger partial charge in [0.05, 0.1) is 28.1 Å². The van der Waals surface area contributed by atoms with Gasteiger partial charge in [-0.15, -0.1) is 0 Å². The van der Waals surface area contributed by atoms with E-state index < -0.39 is 32.6 Å². The summed E-state index contributed by atoms with van der Waals surface area (Å²) in [6, 6.07) is 4.39. The molecular formula is C16H13F3N2O3S. The van der Waals surface area contributed by atoms with E-state index in [2.05, 4.69) is 0 Å². The van der Waals surface area contributed by atoms with Gasteiger partial charge in [-0.25, -0.2) is 8.42 Å². The minimum absolute atomic E-state index is 0.0170. The van der Waals surface area contributed by atoms with Crippen molar-refractivity contribution in [3.05, 3.63) is 29.3 Å². The van der Waals surface area contributed by atoms with Crippen LogP contribution in [0.1, 0.15) is 24.0 Å². The number of rotatable bonds is 1. The molecule has 0 N–H and O–H groups in total. The van der Waals surface area contributed by atoms with E-state index in [-0.39, 0.29) is 42.2 Å². The third kappa shape index (κ3) is 2.20. The highest BCUT2D eigenvalue weighted by atomic mass is 32.2. The molecule has 5 nitrogen and oxygen atoms in total. The summed E-state index contributed by atoms with van der Waals surface area (Å²) < 4.78 is 66.1. The molecule has 0 unspecified atom stereocenters. The standard InChI is InChI=1S/C16H13F3N2O3S/c17-16(18,19)13-5-10(2-1-8(13)6-20)21-7-12-11-3-9(4-14(11)22)15(12)25(21,23)24/h1-2,5,9,11-12,15H,3-4,7H2/t9-,11-,12-,15+/m0/s1. The number of anilines is 1. The molecule has 0 radical (unpaired) electrons. The van der Waals surface area contributed by atoms with E-state index in [0.29, 0.717) is 12.5 Å². The molecule has 3 fully saturated rings. The van der Waals surface area contributed by atoms with Crippen molar-refractivity contribution in [3.8, 4) is 6.07 Å². The zero-order valence-corrected chi connectivity index (χ0v) is 13.6. The fraction of sp³-hybridized carbons (Fsp3) is 0.500. The van der Waals surface area contributed by atoms with Crippen LogP contribution in [0, 0.1) is 29.1 Å². The maximum Gasteiger partial charge on any atom is 0.417 e. The zero-order chi connectivity index (χ0) is 18.1. The molecule has 1 aromatic carbocycles. The second-order valence-corrected chi connectivity index (χ2v) is 8.83. The third-order valence-corrected chi connectivity index (χ3v) is 7.98. The Balaban J connectivity index is 1.77. The van der Waals surface area contributed by atoms with Gasteiger partial charge < -0.3 is 0 Å². The maximum absolute atomic E-state index is 13.1. The second kappa shape index (κ2) is 4.97. The number of nitrogens with zero attached hydrogens (tertiary/aromatic N) is 2. The molecule has 1 heterocycles. The number of carbonyl (C=O) groups is 1. The number of ketones is 1. The van der Waals surface area contributed by atoms with Crippen LogP contribution < -0.4 is 4.31 Å². The minimum Gasteiger partial charge on any atom is -0.299 e. The molecule has 2 saturated carbocycles. The van der Waals surface area contributed by atoms with Crippen molar-refractivity contribution < 1.29 is 26.4 Å². The molecule has 1 saturated heterocycles. The number of hydrogen-bond donors (Lipinski definition) is 0. The summed E-state index contributed by atoms with van der Waals surface area (Å²) in [5.41, 5.74) is -1.81. The van der Waals surface area contributed by atoms with Crippen LogP contribution in [0.25, 0.3) is 0 Å². The molecule has 2 bridgehead atoms. The number of alkyl halides is 3. The summed E-state index contributed by atoms with van der Waals surface area (Å²) in [5, 5.41) is 8.17. The van der Waals surface area contributed by atoms with Crippen molar-refractivity contribution in [1.82, 2.24) is 0 Å². The van der Waals surface area contributed by atoms with Gasteiger partial charge in [0.15, 0.2) is 0 Å². The van der Waals surface area contributed by atoms with E-state index in [1.54, 1.807) is 0 Å². The quantitative estimate of drug-likeness (QED) is 0.760. The highest BCUT2D eigenvalue weighted by molar-refractivity contribution is 7.93. The van der Waals surface area contributed by atoms with Crippen molar-refractivity contribution in [2.45, 2.75) is 24.3 Å². The van der Waals surface area contributed by atoms with E-state index in [4.69, 9.17) is 5.26 Å². The van der Waals surface area contributed by atoms with Gasteiger partial charge in [0, 0.05) is 24.8 Å². The van der Waals surface area contributed by atoms with E-state index >= 15 is 0 Å². The lowest BCUT2D eigenvalue weighted by molar-refractivity contribution is -0.137. The second-order valence-electron chi connectivity index (χ2n) is 6.82. The molecule has 1 aromatic rings. The Labute approximate surface area is 142 Å². The number of sulfonamides is 1. The van der Waals surface area contributed by atoms with Crippen molar-refractivity contribution in [2.75, 3.05) is 10.8 Å². The van der Waals surface area contributed by atoms with Crippen LogP contribution in [0.4, 0.5) is 18.9 Å². The molecule has 1 aliphatic heterocycles. The monoisotopic (exact) mass is 370 g/mol. The Morgan fingerprint density at radius 3 is 2.64 bits per heavy atom. The summed E-state index contributed by atoms with van der Waals surface area (Å²) in [4.78, 5) is 11.9. The normalized spacial score (nSPS) is 32.7. The summed E-state index contributed by atoms with van der Waals surface area (Å²) in [6.07, 6.45) is -3.96. The van der Waals surface area contributed by atoms with Crippen molar-refractivity contribution in [3.63, 3.8) is 0 Å². The molecule has 0 amide bonds. The zero-order valence-electron chi connectivity index (χ0n) is 12.8. The molecule has 9 heteroatoms. The van der Waals surface area contributed by atoms with Crippen molar-refractivity contribution >= 4 is 21.5 Å². The van der Waals surface area contributed by atoms with Gasteiger partial charge in [-0.1, -0.05) is 0 Å². The predicted octanol–water partition coefficient (Wildman–Crippen LogP) is 2.32. The van der Waals surface area contributed by atoms with Crippen molar-refractivity contribution in [2.24, 2.45) is 17.8 Å². The number of nitriles is 1. The fourth-order valence-electron chi connectivity index (χ4n) is 4.60. The number of Topliss-reactive ketones (excluding diaryl/α,β-unsaturated/α-hetero) is 1. The smallest absolute Gasteiger partial charge is 0.299 e. The predicted molar refractivity (Wildman–Crippen MR) is 80.9 cm³/mol. The summed E-state index contributed by atoms with van der Waals surface area (Å²) in [7, 11) is -3.82. The van der Waals surface area contributed by atoms with Gasteiger partial charge in [-0.3, -0.25) is 9.10 Å². The van der Waals surface area contributed by atoms with Gasteiger partial charge in [0.2, 0.25) is 10.0 Å². The largest absolute Gasteiger partial charge is 0.417 e. The highest BCUT2D eigenvalue weighted by Crippen LogP contribution is 2.54. The third-order valence-electron chi connectivity index (χ3n) is 5.58. The van der Waals surface area contributed by atoms with Crippen LogP contribution in [0.3, 0.4) is 0 Å². The number of carbonyl (C=O) groups excluding carboxylic acids is 1. The first-order valence-corrected chi connectivity index (χ1v) is 9.30. The van der Waals surface area contributed by atoms with Gasteiger partial charge in [-0.2, -0.15) is 18.4 Å². The van der Waals surface area contributed by atoms with Gasteiger partial charge in [0.25, 0.3) is 0 Å². The Morgan fingerprint density at radius 1 is 1.28 bits per heavy atom. The minimum atomic E-state index is -4.75. The molecule has 3 aliphatic rings. The van der Waals surface area contributed by atoms with Crippen LogP contribution in [0.2, 0.25) is 0 Å². The molecule has 2 aliphatic carbocycles. The van der Waals surface area contributed by atoms with Crippen LogP contribution in [0.5, 0.6) is 0 Å². The van der Waals surface area contributed by atoms with Crippen molar-refractivity contribution in [1.29, 1.82) is 5.26 Å². The molecular weight excluding hydrogens is 357 g/mol. The number of fused-ring (bicyclic) bond motifs is 5. The lowest BCUT2D eigenvalue weighted by Crippen LogP contribution is -2.34. The number of benzene rings is 1. The lowest BCUT2D eigenvalue weighted by Gasteiger charge is -2.22. The fourth-order valence-corrected chi connectivity index (χ4v) is 7.09. The van der Waals surface area contributed by atoms with E-state index in [9.17, 15) is 26.4 Å². The SMILES string of the molecule is N#Cc1ccc(N2C[C@@H]3[C@@H]([C@@H]4CC(=O)[C@H]3C4)S2(=O)=O)cc1C(F)(F)F. The van der Waals surface area contributed by atoms with Gasteiger partial charge in [-0.05, 0) is 30.5 Å². The molecule has 132 valence electrons. The average Bonchev–Trinajstić information content (AvgIpc) is 3.15. The van der Waals surface area contributed by atoms with Crippen LogP contribution in [-0.4, -0.2) is 26.0 Å². The average molecular weight is 370 g/mol. The topological polar surface area (TPSA) is 78.2 Å². The van der Waals surface area contributed by atoms with Crippen LogP contribution in [-0.2, 0) is 21.0 Å². The number of halogens is 3. The summed E-state index contributed by atoms with van der Waals surface area (Å²) in [6.45, 7) is 0.0170. The Bertz CT molecular complexity index is 920. The first-order valence-electron chi connectivity index (χ1n) is 7.80. The summed E-state index contributed by atoms with van der Waals surface area (Å²) >= 11 is 0. The Morgan fingerprint density at radius 2 is 2.00 bits per heavy atom. The Kier molecular flexibility index (Phi) is 3.26. The molecule has 0 aromatic heterocycles. The van der Waals surface area contributed by atoms with E-state index in [1.165, 1.54) is 12.1 Å².